The minimum atomic E-state index is -0.778. The fraction of sp³-hybridized carbons (Fsp3) is 0.111. The van der Waals surface area contributed by atoms with Crippen LogP contribution in [0, 0.1) is 5.82 Å². The lowest BCUT2D eigenvalue weighted by Crippen LogP contribution is -2.24. The number of nitrogens with zero attached hydrogens (tertiary/aromatic N) is 1. The summed E-state index contributed by atoms with van der Waals surface area (Å²) in [6, 6.07) is 10.9. The molecule has 1 amide bonds. The van der Waals surface area contributed by atoms with Gasteiger partial charge in [-0.3, -0.25) is 9.59 Å². The molecule has 1 unspecified atom stereocenters. The highest BCUT2D eigenvalue weighted by Crippen LogP contribution is 2.38. The Kier molecular flexibility index (Phi) is 4.11. The maximum atomic E-state index is 13.2. The monoisotopic (exact) mass is 345 g/mol. The molecule has 2 aromatic rings. The van der Waals surface area contributed by atoms with Crippen LogP contribution >= 0.6 is 11.6 Å². The molecule has 2 aromatic carbocycles. The quantitative estimate of drug-likeness (QED) is 0.514. The first kappa shape index (κ1) is 16.2. The molecule has 0 aliphatic carbocycles. The van der Waals surface area contributed by atoms with Crippen molar-refractivity contribution in [1.82, 2.24) is 4.90 Å². The average Bonchev–Trinajstić information content (AvgIpc) is 2.80. The molecule has 1 N–H and O–H groups in total. The summed E-state index contributed by atoms with van der Waals surface area (Å²) in [5.41, 5.74) is 0.878. The van der Waals surface area contributed by atoms with Crippen molar-refractivity contribution in [3.8, 4) is 0 Å². The number of carbonyl (C=O) groups excluding carboxylic acids is 2. The second-order valence-electron chi connectivity index (χ2n) is 5.47. The number of hydrogen-bond acceptors (Lipinski definition) is 3. The van der Waals surface area contributed by atoms with Gasteiger partial charge >= 0.3 is 0 Å². The van der Waals surface area contributed by atoms with Crippen molar-refractivity contribution >= 4 is 29.1 Å². The highest BCUT2D eigenvalue weighted by Gasteiger charge is 2.44. The van der Waals surface area contributed by atoms with Gasteiger partial charge in [-0.1, -0.05) is 23.7 Å². The van der Waals surface area contributed by atoms with E-state index in [-0.39, 0.29) is 11.3 Å². The van der Waals surface area contributed by atoms with Crippen LogP contribution in [0.4, 0.5) is 4.39 Å². The molecule has 1 aliphatic heterocycles. The number of hydrogen-bond donors (Lipinski definition) is 1. The Labute approximate surface area is 142 Å². The van der Waals surface area contributed by atoms with E-state index in [0.717, 1.165) is 0 Å². The number of benzene rings is 2. The molecule has 0 bridgehead atoms. The summed E-state index contributed by atoms with van der Waals surface area (Å²) in [7, 11) is 1.47. The predicted octanol–water partition coefficient (Wildman–Crippen LogP) is 3.53. The van der Waals surface area contributed by atoms with Crippen molar-refractivity contribution in [2.24, 2.45) is 0 Å². The van der Waals surface area contributed by atoms with Crippen LogP contribution in [-0.2, 0) is 9.59 Å². The number of carbonyl (C=O) groups is 2. The van der Waals surface area contributed by atoms with Crippen molar-refractivity contribution in [1.29, 1.82) is 0 Å². The maximum Gasteiger partial charge on any atom is 0.295 e. The van der Waals surface area contributed by atoms with Crippen LogP contribution in [0.1, 0.15) is 17.2 Å². The third-order valence-corrected chi connectivity index (χ3v) is 4.23. The molecule has 6 heteroatoms. The summed E-state index contributed by atoms with van der Waals surface area (Å²) < 4.78 is 13.2. The van der Waals surface area contributed by atoms with Crippen LogP contribution in [0.2, 0.25) is 5.02 Å². The van der Waals surface area contributed by atoms with Crippen molar-refractivity contribution in [2.45, 2.75) is 6.04 Å². The van der Waals surface area contributed by atoms with Gasteiger partial charge in [-0.05, 0) is 42.0 Å². The topological polar surface area (TPSA) is 57.6 Å². The van der Waals surface area contributed by atoms with E-state index in [4.69, 9.17) is 11.6 Å². The number of aliphatic hydroxyl groups is 1. The fourth-order valence-corrected chi connectivity index (χ4v) is 2.87. The van der Waals surface area contributed by atoms with Crippen molar-refractivity contribution < 1.29 is 19.1 Å². The molecule has 1 saturated heterocycles. The van der Waals surface area contributed by atoms with Crippen LogP contribution < -0.4 is 0 Å². The summed E-state index contributed by atoms with van der Waals surface area (Å²) >= 11 is 5.83. The second-order valence-corrected chi connectivity index (χ2v) is 5.90. The highest BCUT2D eigenvalue weighted by atomic mass is 35.5. The van der Waals surface area contributed by atoms with Crippen LogP contribution in [0.15, 0.2) is 54.1 Å². The Morgan fingerprint density at radius 3 is 2.25 bits per heavy atom. The lowest BCUT2D eigenvalue weighted by atomic mass is 9.95. The van der Waals surface area contributed by atoms with E-state index < -0.39 is 23.5 Å². The van der Waals surface area contributed by atoms with Gasteiger partial charge in [0.05, 0.1) is 11.6 Å². The summed E-state index contributed by atoms with van der Waals surface area (Å²) in [6.45, 7) is 0. The number of likely N-dealkylation sites (N-methyl/N-ethyl adjacent to an activating group) is 1. The van der Waals surface area contributed by atoms with E-state index in [1.165, 1.54) is 36.2 Å². The molecule has 24 heavy (non-hydrogen) atoms. The first-order valence-electron chi connectivity index (χ1n) is 7.16. The number of halogens is 2. The zero-order chi connectivity index (χ0) is 17.4. The minimum Gasteiger partial charge on any atom is -0.507 e. The summed E-state index contributed by atoms with van der Waals surface area (Å²) in [5.74, 6) is -2.22. The zero-order valence-corrected chi connectivity index (χ0v) is 13.4. The van der Waals surface area contributed by atoms with Gasteiger partial charge in [0.15, 0.2) is 0 Å². The molecule has 0 spiro atoms. The molecule has 0 aromatic heterocycles. The van der Waals surface area contributed by atoms with Gasteiger partial charge in [0.1, 0.15) is 11.6 Å². The molecule has 1 aliphatic rings. The zero-order valence-electron chi connectivity index (χ0n) is 12.7. The average molecular weight is 346 g/mol. The minimum absolute atomic E-state index is 0.0311. The van der Waals surface area contributed by atoms with Gasteiger partial charge in [-0.2, -0.15) is 0 Å². The third-order valence-electron chi connectivity index (χ3n) is 3.98. The molecule has 3 rings (SSSR count). The molecule has 0 radical (unpaired) electrons. The molecule has 0 saturated carbocycles. The second kappa shape index (κ2) is 6.09. The van der Waals surface area contributed by atoms with Crippen molar-refractivity contribution in [3.05, 3.63) is 76.1 Å². The molecule has 1 fully saturated rings. The number of amides is 1. The van der Waals surface area contributed by atoms with Crippen LogP contribution in [0.5, 0.6) is 0 Å². The van der Waals surface area contributed by atoms with Gasteiger partial charge in [0.2, 0.25) is 0 Å². The normalized spacial score (nSPS) is 19.8. The van der Waals surface area contributed by atoms with E-state index in [1.807, 2.05) is 0 Å². The van der Waals surface area contributed by atoms with Crippen LogP contribution in [-0.4, -0.2) is 28.7 Å². The van der Waals surface area contributed by atoms with Crippen molar-refractivity contribution in [3.63, 3.8) is 0 Å². The lowest BCUT2D eigenvalue weighted by molar-refractivity contribution is -0.139. The summed E-state index contributed by atoms with van der Waals surface area (Å²) in [4.78, 5) is 25.7. The number of Topliss-reactive ketones (excluding diaryl/α,β-unsaturated/α-hetero) is 1. The fourth-order valence-electron chi connectivity index (χ4n) is 2.75. The molecular formula is C18H13ClFNO3. The maximum absolute atomic E-state index is 13.2. The van der Waals surface area contributed by atoms with Crippen molar-refractivity contribution in [2.75, 3.05) is 7.05 Å². The Morgan fingerprint density at radius 2 is 1.67 bits per heavy atom. The van der Waals surface area contributed by atoms with E-state index in [2.05, 4.69) is 0 Å². The number of aliphatic hydroxyl groups excluding tert-OH is 1. The molecular weight excluding hydrogens is 333 g/mol. The lowest BCUT2D eigenvalue weighted by Gasteiger charge is -2.21. The molecule has 4 nitrogen and oxygen atoms in total. The van der Waals surface area contributed by atoms with Crippen LogP contribution in [0.25, 0.3) is 5.76 Å². The highest BCUT2D eigenvalue weighted by molar-refractivity contribution is 6.46. The Morgan fingerprint density at radius 1 is 1.08 bits per heavy atom. The Bertz CT molecular complexity index is 844. The van der Waals surface area contributed by atoms with E-state index in [9.17, 15) is 19.1 Å². The van der Waals surface area contributed by atoms with E-state index in [0.29, 0.717) is 16.1 Å². The first-order chi connectivity index (χ1) is 11.4. The summed E-state index contributed by atoms with van der Waals surface area (Å²) in [6.07, 6.45) is 0. The Hall–Kier alpha value is -2.66. The SMILES string of the molecule is CN1C(=O)C(=O)C(=C(O)c2ccc(Cl)cc2)C1c1ccc(F)cc1. The predicted molar refractivity (Wildman–Crippen MR) is 87.9 cm³/mol. The number of rotatable bonds is 2. The van der Waals surface area contributed by atoms with E-state index in [1.54, 1.807) is 24.3 Å². The molecule has 122 valence electrons. The standard InChI is InChI=1S/C18H13ClFNO3/c1-21-15(10-4-8-13(20)9-5-10)14(17(23)18(21)24)16(22)11-2-6-12(19)7-3-11/h2-9,15,22H,1H3. The van der Waals surface area contributed by atoms with Gasteiger partial charge in [0.25, 0.3) is 11.7 Å². The largest absolute Gasteiger partial charge is 0.507 e. The van der Waals surface area contributed by atoms with Gasteiger partial charge in [0, 0.05) is 17.6 Å². The number of ketones is 1. The smallest absolute Gasteiger partial charge is 0.295 e. The third kappa shape index (κ3) is 2.67. The van der Waals surface area contributed by atoms with Gasteiger partial charge in [-0.25, -0.2) is 4.39 Å². The molecule has 1 heterocycles. The Balaban J connectivity index is 2.16. The molecule has 1 atom stereocenters. The van der Waals surface area contributed by atoms with E-state index >= 15 is 0 Å². The van der Waals surface area contributed by atoms with Gasteiger partial charge in [-0.15, -0.1) is 0 Å². The van der Waals surface area contributed by atoms with Crippen LogP contribution in [0.3, 0.4) is 0 Å². The first-order valence-corrected chi connectivity index (χ1v) is 7.54. The summed E-state index contributed by atoms with van der Waals surface area (Å²) in [5, 5.41) is 11.1. The number of likely N-dealkylation sites (tertiary alicyclic amines) is 1. The van der Waals surface area contributed by atoms with Gasteiger partial charge < -0.3 is 10.0 Å².